The summed E-state index contributed by atoms with van der Waals surface area (Å²) >= 11 is 0. The lowest BCUT2D eigenvalue weighted by atomic mass is 9.44. The molecule has 1 N–H and O–H groups in total. The summed E-state index contributed by atoms with van der Waals surface area (Å²) in [4.78, 5) is 89.8. The number of amides is 1. The highest BCUT2D eigenvalue weighted by Crippen LogP contribution is 2.68. The van der Waals surface area contributed by atoms with Crippen LogP contribution in [0.2, 0.25) is 0 Å². The Balaban J connectivity index is 1.34. The van der Waals surface area contributed by atoms with Gasteiger partial charge >= 0.3 is 17.9 Å². The van der Waals surface area contributed by atoms with Crippen molar-refractivity contribution in [1.82, 2.24) is 20.0 Å². The van der Waals surface area contributed by atoms with Crippen LogP contribution in [0, 0.1) is 46.3 Å². The molecule has 4 saturated carbocycles. The summed E-state index contributed by atoms with van der Waals surface area (Å²) in [5, 5.41) is 3.33. The second-order valence-corrected chi connectivity index (χ2v) is 18.3. The van der Waals surface area contributed by atoms with Gasteiger partial charge in [-0.15, -0.1) is 0 Å². The maximum atomic E-state index is 13.5. The first-order valence-corrected chi connectivity index (χ1v) is 21.8. The van der Waals surface area contributed by atoms with Crippen molar-refractivity contribution in [3.63, 3.8) is 0 Å². The molecule has 1 amide bonds. The van der Waals surface area contributed by atoms with Gasteiger partial charge in [0.05, 0.1) is 53.6 Å². The molecule has 0 aromatic heterocycles. The first-order valence-electron chi connectivity index (χ1n) is 21.8. The molecule has 0 aliphatic heterocycles. The van der Waals surface area contributed by atoms with Crippen LogP contribution in [-0.2, 0) is 47.8 Å². The van der Waals surface area contributed by atoms with E-state index in [9.17, 15) is 33.6 Å². The van der Waals surface area contributed by atoms with Crippen LogP contribution < -0.4 is 5.32 Å². The highest BCUT2D eigenvalue weighted by molar-refractivity contribution is 5.77. The normalized spacial score (nSPS) is 30.0. The summed E-state index contributed by atoms with van der Waals surface area (Å²) in [6.07, 6.45) is 14.6. The smallest absolute Gasteiger partial charge is 0.319 e. The maximum absolute atomic E-state index is 13.5. The van der Waals surface area contributed by atoms with Gasteiger partial charge in [-0.3, -0.25) is 33.9 Å². The van der Waals surface area contributed by atoms with Gasteiger partial charge < -0.3 is 33.9 Å². The van der Waals surface area contributed by atoms with E-state index in [4.69, 9.17) is 14.2 Å². The third-order valence-electron chi connectivity index (χ3n) is 15.3. The van der Waals surface area contributed by atoms with Crippen LogP contribution in [0.4, 0.5) is 0 Å². The van der Waals surface area contributed by atoms with E-state index in [-0.39, 0.29) is 75.4 Å². The van der Waals surface area contributed by atoms with Crippen molar-refractivity contribution in [2.45, 2.75) is 116 Å². The number of hydrogen-bond acceptors (Lipinski definition) is 13. The zero-order chi connectivity index (χ0) is 42.5. The molecule has 0 aromatic carbocycles. The average Bonchev–Trinajstić information content (AvgIpc) is 3.57. The molecule has 4 aliphatic carbocycles. The van der Waals surface area contributed by atoms with E-state index in [0.29, 0.717) is 48.6 Å². The molecule has 4 rings (SSSR count). The molecular formula is C44H72N4O10. The van der Waals surface area contributed by atoms with Crippen LogP contribution in [0.5, 0.6) is 0 Å². The van der Waals surface area contributed by atoms with Crippen LogP contribution in [0.3, 0.4) is 0 Å². The average molecular weight is 817 g/mol. The van der Waals surface area contributed by atoms with Gasteiger partial charge in [0, 0.05) is 45.1 Å². The predicted octanol–water partition coefficient (Wildman–Crippen LogP) is 3.72. The predicted molar refractivity (Wildman–Crippen MR) is 217 cm³/mol. The van der Waals surface area contributed by atoms with Gasteiger partial charge in [-0.1, -0.05) is 20.8 Å². The lowest BCUT2D eigenvalue weighted by Crippen LogP contribution is -2.55. The van der Waals surface area contributed by atoms with E-state index < -0.39 is 18.0 Å². The first-order chi connectivity index (χ1) is 27.8. The van der Waals surface area contributed by atoms with E-state index >= 15 is 0 Å². The van der Waals surface area contributed by atoms with E-state index in [2.05, 4.69) is 26.1 Å². The quantitative estimate of drug-likeness (QED) is 0.0852. The third-order valence-corrected chi connectivity index (χ3v) is 15.3. The lowest BCUT2D eigenvalue weighted by Gasteiger charge is -2.61. The number of carbonyl (C=O) groups excluding carboxylic acids is 7. The van der Waals surface area contributed by atoms with Crippen LogP contribution in [0.1, 0.15) is 104 Å². The summed E-state index contributed by atoms with van der Waals surface area (Å²) in [6, 6.07) is -0.551. The van der Waals surface area contributed by atoms with Crippen molar-refractivity contribution in [2.75, 3.05) is 73.7 Å². The molecule has 4 unspecified atom stereocenters. The Labute approximate surface area is 346 Å². The number of carbonyl (C=O) groups is 7. The van der Waals surface area contributed by atoms with Crippen molar-refractivity contribution in [1.29, 1.82) is 0 Å². The minimum atomic E-state index is -0.647. The number of rotatable bonds is 24. The molecule has 4 aliphatic rings. The molecule has 0 bridgehead atoms. The van der Waals surface area contributed by atoms with Crippen molar-refractivity contribution < 1.29 is 47.8 Å². The van der Waals surface area contributed by atoms with Gasteiger partial charge in [0.1, 0.15) is 18.9 Å². The van der Waals surface area contributed by atoms with Gasteiger partial charge in [0.15, 0.2) is 0 Å². The molecule has 58 heavy (non-hydrogen) atoms. The molecule has 0 heterocycles. The monoisotopic (exact) mass is 817 g/mol. The van der Waals surface area contributed by atoms with Gasteiger partial charge in [-0.2, -0.15) is 0 Å². The molecule has 14 nitrogen and oxygen atoms in total. The van der Waals surface area contributed by atoms with E-state index in [0.717, 1.165) is 56.4 Å². The molecule has 0 saturated heterocycles. The second-order valence-electron chi connectivity index (χ2n) is 18.3. The maximum Gasteiger partial charge on any atom is 0.319 e. The zero-order valence-electron chi connectivity index (χ0n) is 36.1. The van der Waals surface area contributed by atoms with E-state index in [1.54, 1.807) is 9.80 Å². The first kappa shape index (κ1) is 47.4. The molecule has 0 radical (unpaired) electrons. The van der Waals surface area contributed by atoms with E-state index in [1.165, 1.54) is 59.9 Å². The number of esters is 3. The largest absolute Gasteiger partial charge is 0.469 e. The van der Waals surface area contributed by atoms with Crippen molar-refractivity contribution in [3.05, 3.63) is 0 Å². The van der Waals surface area contributed by atoms with Crippen molar-refractivity contribution in [2.24, 2.45) is 46.3 Å². The number of hydrogen-bond donors (Lipinski definition) is 1. The highest BCUT2D eigenvalue weighted by Gasteiger charge is 2.60. The molecule has 10 atom stereocenters. The lowest BCUT2D eigenvalue weighted by molar-refractivity contribution is -0.146. The molecule has 0 spiro atoms. The van der Waals surface area contributed by atoms with Crippen molar-refractivity contribution >= 4 is 42.7 Å². The Morgan fingerprint density at radius 1 is 0.707 bits per heavy atom. The number of ether oxygens (including phenoxy) is 3. The summed E-state index contributed by atoms with van der Waals surface area (Å²) < 4.78 is 14.5. The van der Waals surface area contributed by atoms with Gasteiger partial charge in [-0.05, 0) is 117 Å². The van der Waals surface area contributed by atoms with Gasteiger partial charge in [0.25, 0.3) is 0 Å². The number of fused-ring (bicyclic) bond motifs is 5. The van der Waals surface area contributed by atoms with Gasteiger partial charge in [0.2, 0.25) is 5.91 Å². The fourth-order valence-corrected chi connectivity index (χ4v) is 12.1. The Hall–Kier alpha value is -3.23. The van der Waals surface area contributed by atoms with Crippen molar-refractivity contribution in [3.8, 4) is 0 Å². The zero-order valence-corrected chi connectivity index (χ0v) is 36.1. The Kier molecular flexibility index (Phi) is 18.3. The Bertz CT molecular complexity index is 1390. The fraction of sp³-hybridized carbons (Fsp3) is 0.841. The van der Waals surface area contributed by atoms with Crippen LogP contribution in [0.25, 0.3) is 0 Å². The minimum absolute atomic E-state index is 0.0554. The SMILES string of the molecule is COC(=O)CCC(C)[C@H]1CCC2C3CC[C@@H]4C[C@@H](NC(=O)CC[C@@H](C=O)N(CCN(CC=O)CC=O)CCN(CC(=O)OC)CC(=O)OC)CC[C@]4(C)C3CC[C@@]21C. The Morgan fingerprint density at radius 2 is 1.31 bits per heavy atom. The highest BCUT2D eigenvalue weighted by atomic mass is 16.5. The summed E-state index contributed by atoms with van der Waals surface area (Å²) in [5.74, 6) is 2.66. The molecule has 328 valence electrons. The molecular weight excluding hydrogens is 745 g/mol. The summed E-state index contributed by atoms with van der Waals surface area (Å²) in [7, 11) is 4.00. The van der Waals surface area contributed by atoms with E-state index in [1.807, 2.05) is 4.90 Å². The van der Waals surface area contributed by atoms with Crippen LogP contribution in [0.15, 0.2) is 0 Å². The molecule has 14 heteroatoms. The standard InChI is InChI=1S/C44H72N4O10/c1-31(7-14-40(53)56-4)36-11-12-37-35-10-8-32-27-33(15-17-43(32,2)38(35)16-18-44(36,37)3)45-39(52)13-9-34(30-51)48(21-19-46(23-25-49)24-26-50)22-20-47(28-41(54)57-5)29-42(55)58-6/h25-26,30-38H,7-24,27-29H2,1-6H3,(H,45,52)/t31?,32-,33+,34+,35?,36-,37?,38?,43+,44-/m1/s1. The Morgan fingerprint density at radius 3 is 1.91 bits per heavy atom. The number of methoxy groups -OCH3 is 3. The molecule has 4 fully saturated rings. The van der Waals surface area contributed by atoms with Crippen LogP contribution in [-0.4, -0.2) is 143 Å². The summed E-state index contributed by atoms with van der Waals surface area (Å²) in [6.45, 7) is 8.37. The third kappa shape index (κ3) is 12.0. The van der Waals surface area contributed by atoms with Crippen LogP contribution >= 0.6 is 0 Å². The van der Waals surface area contributed by atoms with Gasteiger partial charge in [-0.25, -0.2) is 0 Å². The second kappa shape index (κ2) is 22.4. The minimum Gasteiger partial charge on any atom is -0.469 e. The molecule has 0 aromatic rings. The number of nitrogens with zero attached hydrogens (tertiary/aromatic N) is 3. The number of nitrogens with one attached hydrogen (secondary N) is 1. The number of aldehydes is 3. The fourth-order valence-electron chi connectivity index (χ4n) is 12.1. The summed E-state index contributed by atoms with van der Waals surface area (Å²) in [5.41, 5.74) is 0.594. The topological polar surface area (TPSA) is 169 Å².